The van der Waals surface area contributed by atoms with E-state index in [1.165, 1.54) is 11.1 Å². The standard InChI is InChI=1S/C18H22N2S/c1-18(2,3)15-10-7-14(8-11-15)9-12-17(21)20-16-6-4-5-13-19-16/h4-13,17,21H,1-3H3,(H,19,20)/b12-9+. The number of nitrogens with one attached hydrogen (secondary N) is 1. The normalized spacial score (nSPS) is 13.3. The highest BCUT2D eigenvalue weighted by atomic mass is 32.1. The molecule has 0 saturated carbocycles. The van der Waals surface area contributed by atoms with Crippen LogP contribution in [-0.4, -0.2) is 10.4 Å². The molecule has 1 aromatic carbocycles. The van der Waals surface area contributed by atoms with E-state index in [2.05, 4.69) is 74.0 Å². The van der Waals surface area contributed by atoms with Crippen molar-refractivity contribution in [3.05, 3.63) is 65.9 Å². The second-order valence-electron chi connectivity index (χ2n) is 6.04. The third-order valence-electron chi connectivity index (χ3n) is 3.21. The SMILES string of the molecule is CC(C)(C)c1ccc(/C=C/C(S)Nc2ccccn2)cc1. The number of thiol groups is 1. The lowest BCUT2D eigenvalue weighted by Crippen LogP contribution is -2.10. The smallest absolute Gasteiger partial charge is 0.126 e. The Kier molecular flexibility index (Phi) is 5.07. The maximum Gasteiger partial charge on any atom is 0.126 e. The summed E-state index contributed by atoms with van der Waals surface area (Å²) in [5.74, 6) is 0.824. The van der Waals surface area contributed by atoms with Gasteiger partial charge in [-0.2, -0.15) is 12.6 Å². The molecule has 1 heterocycles. The summed E-state index contributed by atoms with van der Waals surface area (Å²) in [7, 11) is 0. The molecule has 0 aliphatic rings. The number of anilines is 1. The predicted octanol–water partition coefficient (Wildman–Crippen LogP) is 4.76. The first-order chi connectivity index (χ1) is 9.95. The summed E-state index contributed by atoms with van der Waals surface area (Å²) in [5.41, 5.74) is 2.70. The predicted molar refractivity (Wildman–Crippen MR) is 94.8 cm³/mol. The van der Waals surface area contributed by atoms with E-state index in [-0.39, 0.29) is 10.8 Å². The highest BCUT2D eigenvalue weighted by Crippen LogP contribution is 2.22. The maximum atomic E-state index is 4.50. The lowest BCUT2D eigenvalue weighted by Gasteiger charge is -2.18. The minimum absolute atomic E-state index is 0.0674. The van der Waals surface area contributed by atoms with Gasteiger partial charge in [0.05, 0.1) is 5.37 Å². The lowest BCUT2D eigenvalue weighted by atomic mass is 9.87. The molecule has 0 saturated heterocycles. The summed E-state index contributed by atoms with van der Waals surface area (Å²) >= 11 is 4.50. The van der Waals surface area contributed by atoms with E-state index < -0.39 is 0 Å². The Bertz CT molecular complexity index is 583. The fourth-order valence-corrected chi connectivity index (χ4v) is 2.16. The second kappa shape index (κ2) is 6.81. The summed E-state index contributed by atoms with van der Waals surface area (Å²) in [4.78, 5) is 4.22. The van der Waals surface area contributed by atoms with Crippen LogP contribution in [0.4, 0.5) is 5.82 Å². The second-order valence-corrected chi connectivity index (χ2v) is 6.59. The van der Waals surface area contributed by atoms with Crippen molar-refractivity contribution in [2.45, 2.75) is 31.6 Å². The van der Waals surface area contributed by atoms with Gasteiger partial charge in [0.15, 0.2) is 0 Å². The minimum Gasteiger partial charge on any atom is -0.355 e. The fourth-order valence-electron chi connectivity index (χ4n) is 1.94. The van der Waals surface area contributed by atoms with Gasteiger partial charge in [-0.1, -0.05) is 63.3 Å². The largest absolute Gasteiger partial charge is 0.355 e. The molecule has 0 spiro atoms. The quantitative estimate of drug-likeness (QED) is 0.628. The Labute approximate surface area is 132 Å². The van der Waals surface area contributed by atoms with Crippen molar-refractivity contribution in [3.8, 4) is 0 Å². The molecule has 110 valence electrons. The summed E-state index contributed by atoms with van der Waals surface area (Å²) in [5, 5.41) is 3.15. The highest BCUT2D eigenvalue weighted by molar-refractivity contribution is 7.81. The molecule has 0 radical (unpaired) electrons. The molecule has 1 N–H and O–H groups in total. The zero-order valence-corrected chi connectivity index (χ0v) is 13.6. The van der Waals surface area contributed by atoms with Gasteiger partial charge in [0.2, 0.25) is 0 Å². The first-order valence-electron chi connectivity index (χ1n) is 7.09. The summed E-state index contributed by atoms with van der Waals surface area (Å²) < 4.78 is 0. The summed E-state index contributed by atoms with van der Waals surface area (Å²) in [6, 6.07) is 14.4. The number of aromatic nitrogens is 1. The molecule has 2 rings (SSSR count). The van der Waals surface area contributed by atoms with Crippen molar-refractivity contribution in [2.75, 3.05) is 5.32 Å². The molecule has 0 aliphatic carbocycles. The van der Waals surface area contributed by atoms with Crippen LogP contribution >= 0.6 is 12.6 Å². The van der Waals surface area contributed by atoms with E-state index in [0.29, 0.717) is 0 Å². The Balaban J connectivity index is 1.97. The van der Waals surface area contributed by atoms with Gasteiger partial charge in [0.1, 0.15) is 5.82 Å². The number of rotatable bonds is 4. The van der Waals surface area contributed by atoms with Crippen LogP contribution in [0.2, 0.25) is 0 Å². The summed E-state index contributed by atoms with van der Waals surface area (Å²) in [6.45, 7) is 6.66. The van der Waals surface area contributed by atoms with Crippen molar-refractivity contribution >= 4 is 24.5 Å². The lowest BCUT2D eigenvalue weighted by molar-refractivity contribution is 0.590. The monoisotopic (exact) mass is 298 g/mol. The number of hydrogen-bond donors (Lipinski definition) is 2. The summed E-state index contributed by atoms with van der Waals surface area (Å²) in [6.07, 6.45) is 5.85. The molecule has 0 amide bonds. The molecule has 3 heteroatoms. The van der Waals surface area contributed by atoms with Crippen LogP contribution in [0.15, 0.2) is 54.7 Å². The van der Waals surface area contributed by atoms with Crippen molar-refractivity contribution < 1.29 is 0 Å². The van der Waals surface area contributed by atoms with Crippen molar-refractivity contribution in [1.29, 1.82) is 0 Å². The molecule has 1 unspecified atom stereocenters. The van der Waals surface area contributed by atoms with Crippen LogP contribution in [0.25, 0.3) is 6.08 Å². The van der Waals surface area contributed by atoms with Crippen LogP contribution in [0.5, 0.6) is 0 Å². The number of hydrogen-bond acceptors (Lipinski definition) is 3. The Hall–Kier alpha value is -1.74. The van der Waals surface area contributed by atoms with Crippen molar-refractivity contribution in [2.24, 2.45) is 0 Å². The van der Waals surface area contributed by atoms with Crippen LogP contribution in [-0.2, 0) is 5.41 Å². The highest BCUT2D eigenvalue weighted by Gasteiger charge is 2.12. The molecule has 21 heavy (non-hydrogen) atoms. The van der Waals surface area contributed by atoms with E-state index >= 15 is 0 Å². The van der Waals surface area contributed by atoms with Gasteiger partial charge in [-0.25, -0.2) is 4.98 Å². The molecule has 0 fully saturated rings. The third-order valence-corrected chi connectivity index (χ3v) is 3.51. The topological polar surface area (TPSA) is 24.9 Å². The molecule has 0 bridgehead atoms. The number of benzene rings is 1. The number of nitrogens with zero attached hydrogens (tertiary/aromatic N) is 1. The van der Waals surface area contributed by atoms with Crippen LogP contribution in [0, 0.1) is 0 Å². The average molecular weight is 298 g/mol. The fraction of sp³-hybridized carbons (Fsp3) is 0.278. The molecular formula is C18H22N2S. The zero-order chi connectivity index (χ0) is 15.3. The molecule has 2 aromatic rings. The molecule has 1 atom stereocenters. The zero-order valence-electron chi connectivity index (χ0n) is 12.7. The van der Waals surface area contributed by atoms with Gasteiger partial charge in [0, 0.05) is 6.20 Å². The van der Waals surface area contributed by atoms with E-state index in [1.54, 1.807) is 6.20 Å². The molecule has 0 aliphatic heterocycles. The molecule has 2 nitrogen and oxygen atoms in total. The first kappa shape index (κ1) is 15.6. The maximum absolute atomic E-state index is 4.50. The Morgan fingerprint density at radius 3 is 2.38 bits per heavy atom. The Morgan fingerprint density at radius 1 is 1.10 bits per heavy atom. The van der Waals surface area contributed by atoms with Gasteiger partial charge in [0.25, 0.3) is 0 Å². The van der Waals surface area contributed by atoms with E-state index in [0.717, 1.165) is 5.82 Å². The van der Waals surface area contributed by atoms with Crippen LogP contribution in [0.3, 0.4) is 0 Å². The van der Waals surface area contributed by atoms with Crippen molar-refractivity contribution in [1.82, 2.24) is 4.98 Å². The van der Waals surface area contributed by atoms with E-state index in [9.17, 15) is 0 Å². The van der Waals surface area contributed by atoms with Gasteiger partial charge < -0.3 is 5.32 Å². The van der Waals surface area contributed by atoms with Crippen molar-refractivity contribution in [3.63, 3.8) is 0 Å². The number of pyridine rings is 1. The first-order valence-corrected chi connectivity index (χ1v) is 7.61. The van der Waals surface area contributed by atoms with Gasteiger partial charge in [-0.15, -0.1) is 0 Å². The third kappa shape index (κ3) is 4.94. The van der Waals surface area contributed by atoms with E-state index in [4.69, 9.17) is 0 Å². The minimum atomic E-state index is -0.0674. The average Bonchev–Trinajstić information content (AvgIpc) is 2.46. The van der Waals surface area contributed by atoms with Gasteiger partial charge in [-0.3, -0.25) is 0 Å². The molecular weight excluding hydrogens is 276 g/mol. The molecule has 1 aromatic heterocycles. The van der Waals surface area contributed by atoms with Crippen LogP contribution in [0.1, 0.15) is 31.9 Å². The Morgan fingerprint density at radius 2 is 1.81 bits per heavy atom. The van der Waals surface area contributed by atoms with Gasteiger partial charge >= 0.3 is 0 Å². The van der Waals surface area contributed by atoms with Gasteiger partial charge in [-0.05, 0) is 28.7 Å². The van der Waals surface area contributed by atoms with E-state index in [1.807, 2.05) is 24.3 Å². The van der Waals surface area contributed by atoms with Crippen LogP contribution < -0.4 is 5.32 Å².